The minimum absolute atomic E-state index is 0.0921. The standard InChI is InChI=1S/C17H22N2O2/c1-2-17-15(9-11-21-17)16(20)12-13-8-10-19(18-13)14-6-4-3-5-7-14/h8-11,14H,2-7,12H2,1H3. The number of hydrogen-bond acceptors (Lipinski definition) is 3. The summed E-state index contributed by atoms with van der Waals surface area (Å²) >= 11 is 0. The fraction of sp³-hybridized carbons (Fsp3) is 0.529. The van der Waals surface area contributed by atoms with Crippen LogP contribution in [0.4, 0.5) is 0 Å². The first-order valence-electron chi connectivity index (χ1n) is 7.91. The quantitative estimate of drug-likeness (QED) is 0.781. The first kappa shape index (κ1) is 14.1. The van der Waals surface area contributed by atoms with Crippen LogP contribution in [-0.4, -0.2) is 15.6 Å². The van der Waals surface area contributed by atoms with Crippen molar-refractivity contribution >= 4 is 5.78 Å². The van der Waals surface area contributed by atoms with Gasteiger partial charge < -0.3 is 4.42 Å². The second-order valence-corrected chi connectivity index (χ2v) is 5.79. The van der Waals surface area contributed by atoms with E-state index in [1.165, 1.54) is 32.1 Å². The Labute approximate surface area is 125 Å². The lowest BCUT2D eigenvalue weighted by Crippen LogP contribution is -2.14. The number of nitrogens with zero attached hydrogens (tertiary/aromatic N) is 2. The van der Waals surface area contributed by atoms with Crippen molar-refractivity contribution in [3.8, 4) is 0 Å². The molecule has 1 fully saturated rings. The first-order chi connectivity index (χ1) is 10.3. The van der Waals surface area contributed by atoms with Crippen molar-refractivity contribution in [3.05, 3.63) is 41.6 Å². The minimum atomic E-state index is 0.0921. The predicted octanol–water partition coefficient (Wildman–Crippen LogP) is 3.97. The van der Waals surface area contributed by atoms with E-state index in [0.717, 1.165) is 17.9 Å². The van der Waals surface area contributed by atoms with Crippen molar-refractivity contribution in [2.24, 2.45) is 0 Å². The molecular formula is C17H22N2O2. The summed E-state index contributed by atoms with van der Waals surface area (Å²) in [5.41, 5.74) is 1.55. The van der Waals surface area contributed by atoms with Crippen molar-refractivity contribution in [1.29, 1.82) is 0 Å². The Morgan fingerprint density at radius 1 is 1.33 bits per heavy atom. The van der Waals surface area contributed by atoms with Gasteiger partial charge in [0.25, 0.3) is 0 Å². The molecule has 1 saturated carbocycles. The highest BCUT2D eigenvalue weighted by Crippen LogP contribution is 2.27. The summed E-state index contributed by atoms with van der Waals surface area (Å²) in [6.45, 7) is 1.99. The Morgan fingerprint density at radius 2 is 2.14 bits per heavy atom. The Bertz CT molecular complexity index is 606. The van der Waals surface area contributed by atoms with Crippen LogP contribution in [0.3, 0.4) is 0 Å². The molecular weight excluding hydrogens is 264 g/mol. The van der Waals surface area contributed by atoms with Crippen molar-refractivity contribution in [2.45, 2.75) is 57.9 Å². The molecule has 0 N–H and O–H groups in total. The summed E-state index contributed by atoms with van der Waals surface area (Å²) in [5.74, 6) is 0.862. The average molecular weight is 286 g/mol. The van der Waals surface area contributed by atoms with Crippen LogP contribution >= 0.6 is 0 Å². The van der Waals surface area contributed by atoms with E-state index in [-0.39, 0.29) is 5.78 Å². The van der Waals surface area contributed by atoms with Crippen LogP contribution < -0.4 is 0 Å². The van der Waals surface area contributed by atoms with Gasteiger partial charge in [-0.2, -0.15) is 5.10 Å². The minimum Gasteiger partial charge on any atom is -0.469 e. The fourth-order valence-corrected chi connectivity index (χ4v) is 3.14. The maximum atomic E-state index is 12.3. The summed E-state index contributed by atoms with van der Waals surface area (Å²) in [7, 11) is 0. The SMILES string of the molecule is CCc1occc1C(=O)Cc1ccn(C2CCCCC2)n1. The molecule has 0 bridgehead atoms. The molecule has 3 rings (SSSR count). The largest absolute Gasteiger partial charge is 0.469 e. The highest BCUT2D eigenvalue weighted by molar-refractivity contribution is 5.98. The molecule has 112 valence electrons. The topological polar surface area (TPSA) is 48.0 Å². The lowest BCUT2D eigenvalue weighted by Gasteiger charge is -2.21. The van der Waals surface area contributed by atoms with E-state index < -0.39 is 0 Å². The molecule has 4 nitrogen and oxygen atoms in total. The van der Waals surface area contributed by atoms with Gasteiger partial charge >= 0.3 is 0 Å². The third-order valence-corrected chi connectivity index (χ3v) is 4.32. The fourth-order valence-electron chi connectivity index (χ4n) is 3.14. The van der Waals surface area contributed by atoms with Gasteiger partial charge in [0.2, 0.25) is 0 Å². The van der Waals surface area contributed by atoms with Crippen LogP contribution in [0.2, 0.25) is 0 Å². The van der Waals surface area contributed by atoms with Gasteiger partial charge in [-0.15, -0.1) is 0 Å². The summed E-state index contributed by atoms with van der Waals surface area (Å²) in [6, 6.07) is 4.25. The van der Waals surface area contributed by atoms with E-state index in [4.69, 9.17) is 4.42 Å². The highest BCUT2D eigenvalue weighted by atomic mass is 16.3. The lowest BCUT2D eigenvalue weighted by molar-refractivity contribution is 0.0989. The molecule has 0 unspecified atom stereocenters. The van der Waals surface area contributed by atoms with Gasteiger partial charge in [-0.05, 0) is 25.0 Å². The Balaban J connectivity index is 1.68. The van der Waals surface area contributed by atoms with Gasteiger partial charge in [0, 0.05) is 12.6 Å². The van der Waals surface area contributed by atoms with E-state index in [0.29, 0.717) is 18.0 Å². The number of rotatable bonds is 5. The number of furan rings is 1. The zero-order valence-corrected chi connectivity index (χ0v) is 12.5. The summed E-state index contributed by atoms with van der Waals surface area (Å²) in [6.07, 6.45) is 11.0. The lowest BCUT2D eigenvalue weighted by atomic mass is 9.96. The molecule has 2 aromatic heterocycles. The zero-order valence-electron chi connectivity index (χ0n) is 12.5. The van der Waals surface area contributed by atoms with Crippen molar-refractivity contribution in [2.75, 3.05) is 0 Å². The number of hydrogen-bond donors (Lipinski definition) is 0. The summed E-state index contributed by atoms with van der Waals surface area (Å²) in [5, 5.41) is 4.60. The number of aromatic nitrogens is 2. The molecule has 1 aliphatic rings. The molecule has 0 spiro atoms. The maximum absolute atomic E-state index is 12.3. The Kier molecular flexibility index (Phi) is 4.23. The van der Waals surface area contributed by atoms with Crippen molar-refractivity contribution in [3.63, 3.8) is 0 Å². The molecule has 4 heteroatoms. The highest BCUT2D eigenvalue weighted by Gasteiger charge is 2.18. The molecule has 2 aromatic rings. The number of carbonyl (C=O) groups excluding carboxylic acids is 1. The molecule has 1 aliphatic carbocycles. The smallest absolute Gasteiger partial charge is 0.172 e. The molecule has 0 amide bonds. The monoisotopic (exact) mass is 286 g/mol. The van der Waals surface area contributed by atoms with Gasteiger partial charge in [0.1, 0.15) is 5.76 Å². The van der Waals surface area contributed by atoms with E-state index in [1.807, 2.05) is 19.2 Å². The van der Waals surface area contributed by atoms with Gasteiger partial charge in [-0.1, -0.05) is 26.2 Å². The second-order valence-electron chi connectivity index (χ2n) is 5.79. The summed E-state index contributed by atoms with van der Waals surface area (Å²) < 4.78 is 7.38. The number of carbonyl (C=O) groups is 1. The maximum Gasteiger partial charge on any atom is 0.172 e. The zero-order chi connectivity index (χ0) is 14.7. The third kappa shape index (κ3) is 3.09. The second kappa shape index (κ2) is 6.29. The third-order valence-electron chi connectivity index (χ3n) is 4.32. The molecule has 0 aliphatic heterocycles. The van der Waals surface area contributed by atoms with E-state index in [9.17, 15) is 4.79 Å². The number of ketones is 1. The van der Waals surface area contributed by atoms with Crippen LogP contribution in [0, 0.1) is 0 Å². The van der Waals surface area contributed by atoms with Gasteiger partial charge in [0.05, 0.1) is 30.0 Å². The van der Waals surface area contributed by atoms with Gasteiger partial charge in [-0.3, -0.25) is 9.48 Å². The average Bonchev–Trinajstić information content (AvgIpc) is 3.16. The molecule has 0 radical (unpaired) electrons. The van der Waals surface area contributed by atoms with Crippen LogP contribution in [-0.2, 0) is 12.8 Å². The molecule has 2 heterocycles. The van der Waals surface area contributed by atoms with Gasteiger partial charge in [0.15, 0.2) is 5.78 Å². The first-order valence-corrected chi connectivity index (χ1v) is 7.91. The van der Waals surface area contributed by atoms with Crippen LogP contribution in [0.15, 0.2) is 29.0 Å². The van der Waals surface area contributed by atoms with Crippen molar-refractivity contribution in [1.82, 2.24) is 9.78 Å². The number of aryl methyl sites for hydroxylation is 1. The Morgan fingerprint density at radius 3 is 2.90 bits per heavy atom. The summed E-state index contributed by atoms with van der Waals surface area (Å²) in [4.78, 5) is 12.3. The van der Waals surface area contributed by atoms with Crippen LogP contribution in [0.5, 0.6) is 0 Å². The van der Waals surface area contributed by atoms with Gasteiger partial charge in [-0.25, -0.2) is 0 Å². The Hall–Kier alpha value is -1.84. The number of Topliss-reactive ketones (excluding diaryl/α,β-unsaturated/α-hetero) is 1. The van der Waals surface area contributed by atoms with Crippen LogP contribution in [0.25, 0.3) is 0 Å². The molecule has 0 saturated heterocycles. The normalized spacial score (nSPS) is 16.2. The van der Waals surface area contributed by atoms with E-state index in [1.54, 1.807) is 12.3 Å². The van der Waals surface area contributed by atoms with Crippen molar-refractivity contribution < 1.29 is 9.21 Å². The molecule has 0 aromatic carbocycles. The van der Waals surface area contributed by atoms with E-state index in [2.05, 4.69) is 9.78 Å². The van der Waals surface area contributed by atoms with E-state index >= 15 is 0 Å². The predicted molar refractivity (Wildman–Crippen MR) is 80.5 cm³/mol. The molecule has 21 heavy (non-hydrogen) atoms. The van der Waals surface area contributed by atoms with Crippen LogP contribution in [0.1, 0.15) is 66.9 Å². The molecule has 0 atom stereocenters.